The summed E-state index contributed by atoms with van der Waals surface area (Å²) in [6.07, 6.45) is 0. The van der Waals surface area contributed by atoms with Gasteiger partial charge in [0.25, 0.3) is 15.9 Å². The molecule has 0 heterocycles. The molecule has 0 unspecified atom stereocenters. The van der Waals surface area contributed by atoms with Crippen LogP contribution in [0.4, 0.5) is 15.8 Å². The van der Waals surface area contributed by atoms with Crippen molar-refractivity contribution in [2.24, 2.45) is 0 Å². The third-order valence-corrected chi connectivity index (χ3v) is 6.01. The first kappa shape index (κ1) is 22.3. The summed E-state index contributed by atoms with van der Waals surface area (Å²) in [7, 11) is -2.58. The molecule has 3 aromatic carbocycles. The Balaban J connectivity index is 1.78. The second kappa shape index (κ2) is 8.75. The zero-order valence-corrected chi connectivity index (χ0v) is 17.6. The van der Waals surface area contributed by atoms with E-state index in [0.29, 0.717) is 16.3 Å². The molecule has 31 heavy (non-hydrogen) atoms. The van der Waals surface area contributed by atoms with Crippen LogP contribution in [-0.2, 0) is 10.0 Å². The summed E-state index contributed by atoms with van der Waals surface area (Å²) < 4.78 is 40.9. The summed E-state index contributed by atoms with van der Waals surface area (Å²) in [4.78, 5) is 24.6. The lowest BCUT2D eigenvalue weighted by Gasteiger charge is -2.18. The molecule has 3 aromatic rings. The maximum Gasteiger partial charge on any atom is 0.338 e. The minimum Gasteiger partial charge on any atom is -0.478 e. The van der Waals surface area contributed by atoms with Crippen molar-refractivity contribution in [2.45, 2.75) is 4.90 Å². The number of hydrogen-bond acceptors (Lipinski definition) is 4. The van der Waals surface area contributed by atoms with Crippen molar-refractivity contribution in [1.82, 2.24) is 0 Å². The maximum absolute atomic E-state index is 13.5. The summed E-state index contributed by atoms with van der Waals surface area (Å²) >= 11 is 5.83. The average molecular weight is 463 g/mol. The van der Waals surface area contributed by atoms with Crippen molar-refractivity contribution >= 4 is 44.9 Å². The Hall–Kier alpha value is -3.43. The van der Waals surface area contributed by atoms with Gasteiger partial charge in [-0.2, -0.15) is 0 Å². The highest BCUT2D eigenvalue weighted by atomic mass is 35.5. The van der Waals surface area contributed by atoms with Gasteiger partial charge in [-0.3, -0.25) is 9.52 Å². The van der Waals surface area contributed by atoms with Gasteiger partial charge in [-0.1, -0.05) is 11.6 Å². The highest BCUT2D eigenvalue weighted by Crippen LogP contribution is 2.23. The predicted molar refractivity (Wildman–Crippen MR) is 115 cm³/mol. The molecule has 160 valence electrons. The number of nitrogens with one attached hydrogen (secondary N) is 1. The number of sulfonamides is 1. The van der Waals surface area contributed by atoms with E-state index in [9.17, 15) is 22.4 Å². The van der Waals surface area contributed by atoms with Gasteiger partial charge in [0, 0.05) is 29.0 Å². The summed E-state index contributed by atoms with van der Waals surface area (Å²) in [5.41, 5.74) is 0.373. The number of aromatic carboxylic acids is 1. The fourth-order valence-corrected chi connectivity index (χ4v) is 3.92. The van der Waals surface area contributed by atoms with Crippen molar-refractivity contribution in [1.29, 1.82) is 0 Å². The lowest BCUT2D eigenvalue weighted by atomic mass is 10.2. The van der Waals surface area contributed by atoms with Crippen LogP contribution in [0.15, 0.2) is 71.6 Å². The SMILES string of the molecule is CN(C(=O)c1ccc(Cl)cc1)c1ccc(NS(=O)(=O)c2ccc(F)c(C(=O)O)c2)cc1. The number of rotatable bonds is 6. The van der Waals surface area contributed by atoms with E-state index in [1.54, 1.807) is 43.4 Å². The van der Waals surface area contributed by atoms with Gasteiger partial charge in [-0.05, 0) is 66.7 Å². The molecule has 0 fully saturated rings. The van der Waals surface area contributed by atoms with Crippen LogP contribution in [-0.4, -0.2) is 32.4 Å². The Morgan fingerprint density at radius 3 is 2.19 bits per heavy atom. The minimum atomic E-state index is -4.16. The number of anilines is 2. The predicted octanol–water partition coefficient (Wildman–Crippen LogP) is 4.25. The van der Waals surface area contributed by atoms with Crippen LogP contribution in [0.1, 0.15) is 20.7 Å². The van der Waals surface area contributed by atoms with Crippen LogP contribution in [0.5, 0.6) is 0 Å². The monoisotopic (exact) mass is 462 g/mol. The maximum atomic E-state index is 13.5. The third kappa shape index (κ3) is 5.01. The minimum absolute atomic E-state index is 0.178. The standard InChI is InChI=1S/C21H16ClFN2O5S/c1-25(20(26)13-2-4-14(22)5-3-13)16-8-6-15(7-9-16)24-31(29,30)17-10-11-19(23)18(12-17)21(27)28/h2-12,24H,1H3,(H,27,28). The van der Waals surface area contributed by atoms with Gasteiger partial charge >= 0.3 is 5.97 Å². The van der Waals surface area contributed by atoms with E-state index in [2.05, 4.69) is 4.72 Å². The zero-order chi connectivity index (χ0) is 22.8. The molecular formula is C21H16ClFN2O5S. The van der Waals surface area contributed by atoms with E-state index in [0.717, 1.165) is 18.2 Å². The van der Waals surface area contributed by atoms with Crippen LogP contribution in [0.3, 0.4) is 0 Å². The van der Waals surface area contributed by atoms with Gasteiger partial charge in [-0.25, -0.2) is 17.6 Å². The third-order valence-electron chi connectivity index (χ3n) is 4.38. The Kier molecular flexibility index (Phi) is 6.28. The number of benzene rings is 3. The number of carboxylic acids is 1. The van der Waals surface area contributed by atoms with Gasteiger partial charge < -0.3 is 10.0 Å². The number of carbonyl (C=O) groups is 2. The Morgan fingerprint density at radius 2 is 1.61 bits per heavy atom. The van der Waals surface area contributed by atoms with Crippen molar-refractivity contribution in [3.05, 3.63) is 88.7 Å². The van der Waals surface area contributed by atoms with E-state index < -0.39 is 32.3 Å². The first-order valence-corrected chi connectivity index (χ1v) is 10.6. The first-order valence-electron chi connectivity index (χ1n) is 8.78. The molecule has 0 aliphatic rings. The number of halogens is 2. The van der Waals surface area contributed by atoms with Gasteiger partial charge in [-0.15, -0.1) is 0 Å². The topological polar surface area (TPSA) is 104 Å². The van der Waals surface area contributed by atoms with E-state index >= 15 is 0 Å². The molecule has 3 rings (SSSR count). The molecule has 0 saturated heterocycles. The Bertz CT molecular complexity index is 1250. The van der Waals surface area contributed by atoms with Crippen molar-refractivity contribution < 1.29 is 27.5 Å². The molecule has 1 amide bonds. The molecule has 0 aliphatic heterocycles. The van der Waals surface area contributed by atoms with Crippen LogP contribution in [0.2, 0.25) is 5.02 Å². The van der Waals surface area contributed by atoms with Crippen molar-refractivity contribution in [3.63, 3.8) is 0 Å². The number of carbonyl (C=O) groups excluding carboxylic acids is 1. The second-order valence-electron chi connectivity index (χ2n) is 6.47. The van der Waals surface area contributed by atoms with Gasteiger partial charge in [0.1, 0.15) is 5.82 Å². The molecule has 0 aliphatic carbocycles. The molecule has 0 bridgehead atoms. The Labute approximate surface area is 182 Å². The number of hydrogen-bond donors (Lipinski definition) is 2. The fourth-order valence-electron chi connectivity index (χ4n) is 2.71. The first-order chi connectivity index (χ1) is 14.6. The molecule has 0 saturated carbocycles. The highest BCUT2D eigenvalue weighted by molar-refractivity contribution is 7.92. The van der Waals surface area contributed by atoms with E-state index in [1.807, 2.05) is 0 Å². The quantitative estimate of drug-likeness (QED) is 0.569. The molecule has 10 heteroatoms. The van der Waals surface area contributed by atoms with Gasteiger partial charge in [0.2, 0.25) is 0 Å². The van der Waals surface area contributed by atoms with Crippen LogP contribution < -0.4 is 9.62 Å². The van der Waals surface area contributed by atoms with Crippen molar-refractivity contribution in [2.75, 3.05) is 16.7 Å². The number of carboxylic acid groups (broad SMARTS) is 1. The zero-order valence-electron chi connectivity index (χ0n) is 16.0. The average Bonchev–Trinajstić information content (AvgIpc) is 2.73. The summed E-state index contributed by atoms with van der Waals surface area (Å²) in [6, 6.07) is 14.9. The molecule has 7 nitrogen and oxygen atoms in total. The lowest BCUT2D eigenvalue weighted by molar-refractivity contribution is 0.0691. The highest BCUT2D eigenvalue weighted by Gasteiger charge is 2.20. The lowest BCUT2D eigenvalue weighted by Crippen LogP contribution is -2.26. The number of amides is 1. The van der Waals surface area contributed by atoms with Crippen LogP contribution in [0, 0.1) is 5.82 Å². The van der Waals surface area contributed by atoms with Gasteiger partial charge in [0.05, 0.1) is 10.5 Å². The molecule has 0 spiro atoms. The van der Waals surface area contributed by atoms with Gasteiger partial charge in [0.15, 0.2) is 0 Å². The normalized spacial score (nSPS) is 11.1. The Morgan fingerprint density at radius 1 is 1.00 bits per heavy atom. The van der Waals surface area contributed by atoms with E-state index in [-0.39, 0.29) is 11.6 Å². The molecular weight excluding hydrogens is 447 g/mol. The molecule has 2 N–H and O–H groups in total. The van der Waals surface area contributed by atoms with Crippen LogP contribution >= 0.6 is 11.6 Å². The largest absolute Gasteiger partial charge is 0.478 e. The summed E-state index contributed by atoms with van der Waals surface area (Å²) in [5, 5.41) is 9.48. The molecule has 0 aromatic heterocycles. The number of nitrogens with zero attached hydrogens (tertiary/aromatic N) is 1. The molecule has 0 atom stereocenters. The fraction of sp³-hybridized carbons (Fsp3) is 0.0476. The molecule has 0 radical (unpaired) electrons. The smallest absolute Gasteiger partial charge is 0.338 e. The second-order valence-corrected chi connectivity index (χ2v) is 8.59. The summed E-state index contributed by atoms with van der Waals surface area (Å²) in [6.45, 7) is 0. The van der Waals surface area contributed by atoms with Crippen LogP contribution in [0.25, 0.3) is 0 Å². The van der Waals surface area contributed by atoms with Crippen molar-refractivity contribution in [3.8, 4) is 0 Å². The summed E-state index contributed by atoms with van der Waals surface area (Å²) in [5.74, 6) is -2.89. The van der Waals surface area contributed by atoms with E-state index in [1.165, 1.54) is 17.0 Å². The van der Waals surface area contributed by atoms with E-state index in [4.69, 9.17) is 16.7 Å².